The minimum absolute atomic E-state index is 0.0622. The maximum atomic E-state index is 13.6. The number of benzene rings is 2. The molecule has 0 radical (unpaired) electrons. The molecule has 0 fully saturated rings. The average Bonchev–Trinajstić information content (AvgIpc) is 3.39. The Morgan fingerprint density at radius 2 is 2.03 bits per heavy atom. The van der Waals surface area contributed by atoms with Crippen LogP contribution in [0.25, 0.3) is 11.1 Å². The smallest absolute Gasteiger partial charge is 0.417 e. The van der Waals surface area contributed by atoms with Crippen molar-refractivity contribution in [2.45, 2.75) is 11.4 Å². The molecule has 2 aromatic carbocycles. The molecule has 0 aliphatic heterocycles. The van der Waals surface area contributed by atoms with Crippen molar-refractivity contribution in [2.75, 3.05) is 18.5 Å². The molecule has 10 nitrogen and oxygen atoms in total. The van der Waals surface area contributed by atoms with Gasteiger partial charge in [-0.2, -0.15) is 4.37 Å². The number of hydrogen-bond donors (Lipinski definition) is 1. The Labute approximate surface area is 185 Å². The third-order valence-electron chi connectivity index (χ3n) is 4.41. The van der Waals surface area contributed by atoms with Gasteiger partial charge in [0.05, 0.1) is 31.3 Å². The minimum atomic E-state index is -4.23. The van der Waals surface area contributed by atoms with Crippen LogP contribution in [-0.2, 0) is 16.6 Å². The zero-order valence-corrected chi connectivity index (χ0v) is 18.5. The molecule has 0 saturated heterocycles. The molecule has 0 amide bonds. The number of aromatic nitrogens is 3. The van der Waals surface area contributed by atoms with Gasteiger partial charge in [0.15, 0.2) is 5.58 Å². The fourth-order valence-electron chi connectivity index (χ4n) is 2.94. The molecule has 1 N–H and O–H groups in total. The van der Waals surface area contributed by atoms with Crippen molar-refractivity contribution < 1.29 is 22.3 Å². The van der Waals surface area contributed by atoms with E-state index in [4.69, 9.17) is 25.5 Å². The fourth-order valence-corrected chi connectivity index (χ4v) is 5.59. The summed E-state index contributed by atoms with van der Waals surface area (Å²) in [6.07, 6.45) is 1.25. The molecule has 162 valence electrons. The van der Waals surface area contributed by atoms with Crippen molar-refractivity contribution in [1.82, 2.24) is 14.3 Å². The molecule has 2 heterocycles. The van der Waals surface area contributed by atoms with Crippen LogP contribution in [-0.4, -0.2) is 37.0 Å². The second-order valence-corrected chi connectivity index (χ2v) is 9.20. The molecule has 2 aromatic heterocycles. The third-order valence-corrected chi connectivity index (χ3v) is 7.42. The summed E-state index contributed by atoms with van der Waals surface area (Å²) in [6, 6.07) is 7.55. The van der Waals surface area contributed by atoms with Gasteiger partial charge in [0.25, 0.3) is 10.0 Å². The molecule has 0 atom stereocenters. The first-order chi connectivity index (χ1) is 14.8. The Hall–Kier alpha value is -3.09. The maximum absolute atomic E-state index is 13.6. The molecule has 4 rings (SSSR count). The lowest BCUT2D eigenvalue weighted by atomic mass is 10.2. The highest BCUT2D eigenvalue weighted by atomic mass is 35.5. The predicted octanol–water partition coefficient (Wildman–Crippen LogP) is 3.04. The van der Waals surface area contributed by atoms with Crippen molar-refractivity contribution >= 4 is 49.4 Å². The third kappa shape index (κ3) is 3.96. The lowest BCUT2D eigenvalue weighted by Crippen LogP contribution is -2.31. The van der Waals surface area contributed by atoms with Gasteiger partial charge in [-0.25, -0.2) is 22.5 Å². The number of methoxy groups -OCH3 is 2. The minimum Gasteiger partial charge on any atom is -0.497 e. The number of ether oxygens (including phenoxy) is 2. The van der Waals surface area contributed by atoms with E-state index in [2.05, 4.69) is 14.3 Å². The SMILES string of the molecule is COc1ccc(CN(c2ncns2)S(=O)(=O)c2cc3oc(=O)[nH]c3cc2Cl)c(OC)c1. The van der Waals surface area contributed by atoms with Gasteiger partial charge in [0.2, 0.25) is 5.13 Å². The first-order valence-electron chi connectivity index (χ1n) is 8.66. The monoisotopic (exact) mass is 482 g/mol. The van der Waals surface area contributed by atoms with E-state index in [0.29, 0.717) is 17.1 Å². The van der Waals surface area contributed by atoms with Gasteiger partial charge in [-0.1, -0.05) is 11.6 Å². The van der Waals surface area contributed by atoms with Crippen LogP contribution in [0.1, 0.15) is 5.56 Å². The number of sulfonamides is 1. The summed E-state index contributed by atoms with van der Waals surface area (Å²) in [6.45, 7) is -0.115. The van der Waals surface area contributed by atoms with Gasteiger partial charge in [-0.3, -0.25) is 4.98 Å². The molecular formula is C18H15ClN4O6S2. The Kier molecular flexibility index (Phi) is 5.60. The summed E-state index contributed by atoms with van der Waals surface area (Å²) in [5.74, 6) is 0.272. The Bertz CT molecular complexity index is 1400. The van der Waals surface area contributed by atoms with E-state index >= 15 is 0 Å². The van der Waals surface area contributed by atoms with Gasteiger partial charge in [-0.05, 0) is 18.2 Å². The summed E-state index contributed by atoms with van der Waals surface area (Å²) in [7, 11) is -1.24. The number of anilines is 1. The normalized spacial score (nSPS) is 11.6. The number of fused-ring (bicyclic) bond motifs is 1. The Morgan fingerprint density at radius 1 is 1.23 bits per heavy atom. The van der Waals surface area contributed by atoms with Crippen molar-refractivity contribution in [2.24, 2.45) is 0 Å². The highest BCUT2D eigenvalue weighted by Gasteiger charge is 2.31. The van der Waals surface area contributed by atoms with Crippen molar-refractivity contribution in [1.29, 1.82) is 0 Å². The number of rotatable bonds is 7. The van der Waals surface area contributed by atoms with E-state index in [1.807, 2.05) is 0 Å². The first kappa shape index (κ1) is 21.2. The molecule has 0 saturated carbocycles. The van der Waals surface area contributed by atoms with Crippen LogP contribution < -0.4 is 19.5 Å². The summed E-state index contributed by atoms with van der Waals surface area (Å²) in [5, 5.41) is 0.0466. The number of nitrogens with one attached hydrogen (secondary N) is 1. The topological polar surface area (TPSA) is 128 Å². The Morgan fingerprint density at radius 3 is 2.71 bits per heavy atom. The lowest BCUT2D eigenvalue weighted by molar-refractivity contribution is 0.391. The zero-order valence-electron chi connectivity index (χ0n) is 16.2. The van der Waals surface area contributed by atoms with Gasteiger partial charge < -0.3 is 13.9 Å². The van der Waals surface area contributed by atoms with Crippen molar-refractivity contribution in [3.8, 4) is 11.5 Å². The fraction of sp³-hybridized carbons (Fsp3) is 0.167. The highest BCUT2D eigenvalue weighted by Crippen LogP contribution is 2.34. The molecule has 0 aliphatic rings. The van der Waals surface area contributed by atoms with Crippen molar-refractivity contribution in [3.63, 3.8) is 0 Å². The number of aromatic amines is 1. The molecule has 0 unspecified atom stereocenters. The van der Waals surface area contributed by atoms with Crippen molar-refractivity contribution in [3.05, 3.63) is 57.8 Å². The summed E-state index contributed by atoms with van der Waals surface area (Å²) in [5.41, 5.74) is 0.910. The van der Waals surface area contributed by atoms with E-state index < -0.39 is 15.8 Å². The number of nitrogens with zero attached hydrogens (tertiary/aromatic N) is 3. The van der Waals surface area contributed by atoms with Gasteiger partial charge in [0.1, 0.15) is 22.7 Å². The van der Waals surface area contributed by atoms with E-state index in [1.165, 1.54) is 32.7 Å². The van der Waals surface area contributed by atoms with E-state index in [1.54, 1.807) is 18.2 Å². The molecule has 0 bridgehead atoms. The summed E-state index contributed by atoms with van der Waals surface area (Å²) in [4.78, 5) is 17.7. The van der Waals surface area contributed by atoms with E-state index in [0.717, 1.165) is 15.8 Å². The second-order valence-electron chi connectivity index (χ2n) is 6.21. The molecule has 13 heteroatoms. The molecule has 4 aromatic rings. The standard InChI is InChI=1S/C18H15ClN4O6S2/c1-27-11-4-3-10(14(5-11)28-2)8-23(17-20-9-21-30-17)31(25,26)16-7-15-13(6-12(16)19)22-18(24)29-15/h3-7,9H,8H2,1-2H3,(H,22,24). The maximum Gasteiger partial charge on any atom is 0.417 e. The number of H-pyrrole nitrogens is 1. The Balaban J connectivity index is 1.84. The first-order valence-corrected chi connectivity index (χ1v) is 11.3. The molecule has 0 aliphatic carbocycles. The molecular weight excluding hydrogens is 468 g/mol. The molecule has 0 spiro atoms. The number of hydrogen-bond acceptors (Lipinski definition) is 9. The molecule has 31 heavy (non-hydrogen) atoms. The van der Waals surface area contributed by atoms with Crippen LogP contribution in [0.15, 0.2) is 50.8 Å². The van der Waals surface area contributed by atoms with Gasteiger partial charge in [0, 0.05) is 29.2 Å². The van der Waals surface area contributed by atoms with E-state index in [-0.39, 0.29) is 32.7 Å². The average molecular weight is 483 g/mol. The highest BCUT2D eigenvalue weighted by molar-refractivity contribution is 7.93. The summed E-state index contributed by atoms with van der Waals surface area (Å²) < 4.78 is 47.8. The largest absolute Gasteiger partial charge is 0.497 e. The quantitative estimate of drug-likeness (QED) is 0.425. The zero-order chi connectivity index (χ0) is 22.2. The van der Waals surface area contributed by atoms with Crippen LogP contribution in [0, 0.1) is 0 Å². The van der Waals surface area contributed by atoms with Gasteiger partial charge >= 0.3 is 5.76 Å². The second kappa shape index (κ2) is 8.21. The van der Waals surface area contributed by atoms with E-state index in [9.17, 15) is 13.2 Å². The van der Waals surface area contributed by atoms with Crippen LogP contribution in [0.3, 0.4) is 0 Å². The number of halogens is 1. The summed E-state index contributed by atoms with van der Waals surface area (Å²) >= 11 is 7.16. The van der Waals surface area contributed by atoms with Crippen LogP contribution in [0.5, 0.6) is 11.5 Å². The van der Waals surface area contributed by atoms with Crippen LogP contribution in [0.4, 0.5) is 5.13 Å². The van der Waals surface area contributed by atoms with Gasteiger partial charge in [-0.15, -0.1) is 0 Å². The number of oxazole rings is 1. The lowest BCUT2D eigenvalue weighted by Gasteiger charge is -2.23. The predicted molar refractivity (Wildman–Crippen MR) is 115 cm³/mol. The van der Waals surface area contributed by atoms with Crippen LogP contribution >= 0.6 is 23.1 Å². The van der Waals surface area contributed by atoms with Crippen LogP contribution in [0.2, 0.25) is 5.02 Å².